The van der Waals surface area contributed by atoms with E-state index in [1.807, 2.05) is 30.3 Å². The van der Waals surface area contributed by atoms with Crippen LogP contribution in [-0.4, -0.2) is 46.0 Å². The van der Waals surface area contributed by atoms with Crippen molar-refractivity contribution in [3.8, 4) is 6.07 Å². The Labute approximate surface area is 231 Å². The van der Waals surface area contributed by atoms with Gasteiger partial charge in [-0.25, -0.2) is 13.4 Å². The lowest BCUT2D eigenvalue weighted by atomic mass is 10.2. The summed E-state index contributed by atoms with van der Waals surface area (Å²) in [4.78, 5) is 4.54. The van der Waals surface area contributed by atoms with Gasteiger partial charge in [0.15, 0.2) is 26.5 Å². The first kappa shape index (κ1) is 29.4. The molecule has 0 aliphatic rings. The number of nitrogens with two attached hydrogens (primary N) is 1. The van der Waals surface area contributed by atoms with Gasteiger partial charge in [0.1, 0.15) is 16.8 Å². The summed E-state index contributed by atoms with van der Waals surface area (Å²) in [5, 5.41) is 34.5. The number of rotatable bonds is 14. The van der Waals surface area contributed by atoms with E-state index >= 15 is 0 Å². The van der Waals surface area contributed by atoms with Crippen LogP contribution in [0.4, 0.5) is 38.7 Å². The number of azo groups is 2. The number of sulfone groups is 1. The summed E-state index contributed by atoms with van der Waals surface area (Å²) in [6.45, 7) is 6.29. The smallest absolute Gasteiger partial charge is 0.172 e. The molecule has 0 fully saturated rings. The molecule has 39 heavy (non-hydrogen) atoms. The van der Waals surface area contributed by atoms with Crippen molar-refractivity contribution >= 4 is 59.9 Å². The van der Waals surface area contributed by atoms with E-state index in [0.29, 0.717) is 51.6 Å². The topological polar surface area (TPSA) is 180 Å². The van der Waals surface area contributed by atoms with Crippen LogP contribution in [0.2, 0.25) is 0 Å². The van der Waals surface area contributed by atoms with Crippen LogP contribution in [0.15, 0.2) is 68.8 Å². The first-order chi connectivity index (χ1) is 18.8. The van der Waals surface area contributed by atoms with Gasteiger partial charge in [0, 0.05) is 37.8 Å². The highest BCUT2D eigenvalue weighted by Gasteiger charge is 2.17. The molecule has 3 rings (SSSR count). The highest BCUT2D eigenvalue weighted by molar-refractivity contribution is 7.94. The summed E-state index contributed by atoms with van der Waals surface area (Å²) in [5.41, 5.74) is 8.56. The molecular weight excluding hydrogens is 538 g/mol. The van der Waals surface area contributed by atoms with Crippen LogP contribution < -0.4 is 16.4 Å². The first-order valence-corrected chi connectivity index (χ1v) is 14.4. The molecule has 1 aromatic carbocycles. The standard InChI is InChI=1S/C25H29N9O3S2/c1-4-39(35,36)14-12-29-24-22(17(2)21(27)23(30-24)28-11-8-13-37-3)33-34-25-18(16-26)15-20(38-25)32-31-19-9-6-5-7-10-19/h4-7,9-10,15H,1,8,11-14,27H2,2-3H3,(H2,28,29,30). The Kier molecular flexibility index (Phi) is 10.6. The summed E-state index contributed by atoms with van der Waals surface area (Å²) < 4.78 is 28.8. The van der Waals surface area contributed by atoms with E-state index in [1.54, 1.807) is 20.1 Å². The Hall–Kier alpha value is -4.19. The average Bonchev–Trinajstić information content (AvgIpc) is 3.34. The van der Waals surface area contributed by atoms with Gasteiger partial charge in [-0.1, -0.05) is 36.1 Å². The number of thiophene rings is 1. The molecule has 0 bridgehead atoms. The van der Waals surface area contributed by atoms with Gasteiger partial charge in [0.25, 0.3) is 0 Å². The van der Waals surface area contributed by atoms with Crippen molar-refractivity contribution in [3.63, 3.8) is 0 Å². The number of aromatic nitrogens is 1. The minimum Gasteiger partial charge on any atom is -0.395 e. The van der Waals surface area contributed by atoms with Crippen molar-refractivity contribution in [3.05, 3.63) is 59.5 Å². The molecule has 204 valence electrons. The average molecular weight is 568 g/mol. The number of pyridine rings is 1. The fraction of sp³-hybridized carbons (Fsp3) is 0.280. The van der Waals surface area contributed by atoms with Crippen LogP contribution in [0.25, 0.3) is 0 Å². The van der Waals surface area contributed by atoms with Crippen molar-refractivity contribution < 1.29 is 13.2 Å². The van der Waals surface area contributed by atoms with Crippen LogP contribution in [0.1, 0.15) is 17.5 Å². The number of nitrogens with zero attached hydrogens (tertiary/aromatic N) is 6. The summed E-state index contributed by atoms with van der Waals surface area (Å²) in [6, 6.07) is 12.9. The lowest BCUT2D eigenvalue weighted by Crippen LogP contribution is -2.16. The molecule has 0 saturated carbocycles. The maximum atomic E-state index is 11.9. The lowest BCUT2D eigenvalue weighted by Gasteiger charge is -2.16. The predicted octanol–water partition coefficient (Wildman–Crippen LogP) is 6.15. The molecule has 0 atom stereocenters. The van der Waals surface area contributed by atoms with E-state index in [-0.39, 0.29) is 23.7 Å². The summed E-state index contributed by atoms with van der Waals surface area (Å²) >= 11 is 1.15. The van der Waals surface area contributed by atoms with Crippen molar-refractivity contribution in [2.45, 2.75) is 13.3 Å². The molecule has 12 nitrogen and oxygen atoms in total. The second-order valence-electron chi connectivity index (χ2n) is 8.08. The quantitative estimate of drug-likeness (QED) is 0.153. The highest BCUT2D eigenvalue weighted by atomic mass is 32.2. The van der Waals surface area contributed by atoms with E-state index in [0.717, 1.165) is 23.2 Å². The van der Waals surface area contributed by atoms with Gasteiger partial charge in [0.2, 0.25) is 0 Å². The number of hydrogen-bond acceptors (Lipinski definition) is 13. The van der Waals surface area contributed by atoms with E-state index in [4.69, 9.17) is 10.5 Å². The van der Waals surface area contributed by atoms with Gasteiger partial charge < -0.3 is 21.1 Å². The number of methoxy groups -OCH3 is 1. The van der Waals surface area contributed by atoms with Crippen LogP contribution in [0.3, 0.4) is 0 Å². The Morgan fingerprint density at radius 1 is 1.15 bits per heavy atom. The summed E-state index contributed by atoms with van der Waals surface area (Å²) in [6.07, 6.45) is 0.734. The number of nitrogens with one attached hydrogen (secondary N) is 2. The molecule has 0 aliphatic carbocycles. The SMILES string of the molecule is C=CS(=O)(=O)CCNc1nc(NCCCOC)c(N)c(C)c1N=Nc1sc(N=Nc2ccccc2)cc1C#N. The molecule has 0 unspecified atom stereocenters. The normalized spacial score (nSPS) is 11.6. The van der Waals surface area contributed by atoms with Gasteiger partial charge >= 0.3 is 0 Å². The van der Waals surface area contributed by atoms with Gasteiger partial charge in [-0.05, 0) is 31.5 Å². The lowest BCUT2D eigenvalue weighted by molar-refractivity contribution is 0.198. The van der Waals surface area contributed by atoms with Crippen molar-refractivity contribution in [1.82, 2.24) is 4.98 Å². The molecule has 0 saturated heterocycles. The van der Waals surface area contributed by atoms with Crippen molar-refractivity contribution in [1.29, 1.82) is 5.26 Å². The molecule has 3 aromatic rings. The third kappa shape index (κ3) is 8.40. The monoisotopic (exact) mass is 567 g/mol. The van der Waals surface area contributed by atoms with Crippen LogP contribution >= 0.6 is 11.3 Å². The maximum absolute atomic E-state index is 11.9. The number of anilines is 3. The number of nitrogen functional groups attached to an aromatic ring is 1. The zero-order chi connectivity index (χ0) is 28.3. The molecule has 0 amide bonds. The number of ether oxygens (including phenoxy) is 1. The predicted molar refractivity (Wildman–Crippen MR) is 155 cm³/mol. The van der Waals surface area contributed by atoms with Crippen LogP contribution in [-0.2, 0) is 14.6 Å². The van der Waals surface area contributed by atoms with Crippen LogP contribution in [0, 0.1) is 18.3 Å². The van der Waals surface area contributed by atoms with Gasteiger partial charge in [-0.2, -0.15) is 5.26 Å². The number of nitriles is 1. The fourth-order valence-corrected chi connectivity index (χ4v) is 4.48. The van der Waals surface area contributed by atoms with Gasteiger partial charge in [-0.3, -0.25) is 0 Å². The Bertz CT molecular complexity index is 1500. The van der Waals surface area contributed by atoms with E-state index in [2.05, 4.69) is 48.7 Å². The van der Waals surface area contributed by atoms with Crippen molar-refractivity contribution in [2.75, 3.05) is 48.9 Å². The van der Waals surface area contributed by atoms with Gasteiger partial charge in [-0.15, -0.1) is 20.5 Å². The van der Waals surface area contributed by atoms with E-state index < -0.39 is 9.84 Å². The molecule has 2 aromatic heterocycles. The molecule has 4 N–H and O–H groups in total. The number of benzene rings is 1. The minimum atomic E-state index is -3.43. The highest BCUT2D eigenvalue weighted by Crippen LogP contribution is 2.40. The molecule has 0 spiro atoms. The second-order valence-corrected chi connectivity index (χ2v) is 11.2. The minimum absolute atomic E-state index is 0.0583. The molecule has 14 heteroatoms. The van der Waals surface area contributed by atoms with Crippen LogP contribution in [0.5, 0.6) is 0 Å². The molecule has 0 aliphatic heterocycles. The third-order valence-corrected chi connectivity index (χ3v) is 7.48. The Morgan fingerprint density at radius 3 is 2.59 bits per heavy atom. The summed E-state index contributed by atoms with van der Waals surface area (Å²) in [7, 11) is -1.81. The largest absolute Gasteiger partial charge is 0.395 e. The zero-order valence-corrected chi connectivity index (χ0v) is 23.2. The molecule has 2 heterocycles. The fourth-order valence-electron chi connectivity index (χ4n) is 3.18. The Balaban J connectivity index is 1.92. The van der Waals surface area contributed by atoms with E-state index in [9.17, 15) is 13.7 Å². The summed E-state index contributed by atoms with van der Waals surface area (Å²) in [5.74, 6) is 0.528. The van der Waals surface area contributed by atoms with Crippen molar-refractivity contribution in [2.24, 2.45) is 20.5 Å². The molecular formula is C25H29N9O3S2. The maximum Gasteiger partial charge on any atom is 0.172 e. The number of hydrogen-bond donors (Lipinski definition) is 3. The molecule has 0 radical (unpaired) electrons. The second kappa shape index (κ2) is 14.1. The van der Waals surface area contributed by atoms with E-state index in [1.165, 1.54) is 0 Å². The third-order valence-electron chi connectivity index (χ3n) is 5.29. The first-order valence-electron chi connectivity index (χ1n) is 11.8. The zero-order valence-electron chi connectivity index (χ0n) is 21.6. The van der Waals surface area contributed by atoms with Gasteiger partial charge in [0.05, 0.1) is 22.7 Å². The Morgan fingerprint density at radius 2 is 1.90 bits per heavy atom.